The Morgan fingerprint density at radius 3 is 2.30 bits per heavy atom. The molecule has 0 spiro atoms. The van der Waals surface area contributed by atoms with Gasteiger partial charge in [-0.25, -0.2) is 13.2 Å². The molecule has 0 aromatic carbocycles. The van der Waals surface area contributed by atoms with Crippen molar-refractivity contribution in [2.75, 3.05) is 13.7 Å². The summed E-state index contributed by atoms with van der Waals surface area (Å²) in [5, 5.41) is 0. The van der Waals surface area contributed by atoms with Crippen LogP contribution in [-0.4, -0.2) is 52.0 Å². The highest BCUT2D eigenvalue weighted by atomic mass is 32.3. The molecule has 1 unspecified atom stereocenters. The molecule has 0 fully saturated rings. The molecule has 0 aromatic heterocycles. The van der Waals surface area contributed by atoms with Gasteiger partial charge in [-0.3, -0.25) is 0 Å². The van der Waals surface area contributed by atoms with Crippen LogP contribution >= 0.6 is 0 Å². The zero-order valence-electron chi connectivity index (χ0n) is 13.2. The quantitative estimate of drug-likeness (QED) is 0.236. The lowest BCUT2D eigenvalue weighted by molar-refractivity contribution is -0.151. The molecular formula is C11H20FNO8S2. The average Bonchev–Trinajstić information content (AvgIpc) is 2.35. The van der Waals surface area contributed by atoms with Gasteiger partial charge in [0.2, 0.25) is 0 Å². The molecule has 0 bridgehead atoms. The number of hydrogen-bond donors (Lipinski definition) is 0. The third-order valence-corrected chi connectivity index (χ3v) is 4.83. The summed E-state index contributed by atoms with van der Waals surface area (Å²) in [6.07, 6.45) is 1.14. The molecule has 0 amide bonds. The molecule has 0 aliphatic carbocycles. The van der Waals surface area contributed by atoms with Crippen LogP contribution in [0.5, 0.6) is 0 Å². The maximum Gasteiger partial charge on any atom is 0.455 e. The van der Waals surface area contributed by atoms with Crippen molar-refractivity contribution in [2.24, 2.45) is 0 Å². The third-order valence-electron chi connectivity index (χ3n) is 2.57. The molecule has 12 heteroatoms. The van der Waals surface area contributed by atoms with Crippen LogP contribution < -0.4 is 0 Å². The van der Waals surface area contributed by atoms with Crippen LogP contribution in [0.3, 0.4) is 0 Å². The van der Waals surface area contributed by atoms with Gasteiger partial charge in [-0.15, -0.1) is 4.28 Å². The number of halogens is 1. The van der Waals surface area contributed by atoms with Crippen LogP contribution in [0, 0.1) is 0 Å². The van der Waals surface area contributed by atoms with Crippen molar-refractivity contribution < 1.29 is 39.3 Å². The van der Waals surface area contributed by atoms with Crippen LogP contribution in [0.1, 0.15) is 27.2 Å². The monoisotopic (exact) mass is 377 g/mol. The number of hydroxylamine groups is 1. The smallest absolute Gasteiger partial charge is 0.455 e. The first kappa shape index (κ1) is 21.9. The fraction of sp³-hybridized carbons (Fsp3) is 0.727. The van der Waals surface area contributed by atoms with Gasteiger partial charge in [0.05, 0.1) is 6.61 Å². The van der Waals surface area contributed by atoms with E-state index >= 15 is 0 Å². The number of nitrogens with zero attached hydrogens (tertiary/aromatic N) is 1. The zero-order chi connectivity index (χ0) is 18.5. The molecule has 0 heterocycles. The second-order valence-electron chi connectivity index (χ2n) is 5.00. The molecule has 0 aliphatic rings. The predicted molar refractivity (Wildman–Crippen MR) is 78.2 cm³/mol. The summed E-state index contributed by atoms with van der Waals surface area (Å²) in [5.41, 5.74) is -2.44. The van der Waals surface area contributed by atoms with Gasteiger partial charge >= 0.3 is 16.5 Å². The molecule has 0 aromatic rings. The van der Waals surface area contributed by atoms with Crippen LogP contribution in [0.25, 0.3) is 0 Å². The number of rotatable bonds is 10. The lowest BCUT2D eigenvalue weighted by atomic mass is 10.1. The maximum atomic E-state index is 12.3. The molecule has 0 aliphatic heterocycles. The van der Waals surface area contributed by atoms with Gasteiger partial charge in [-0.05, 0) is 20.8 Å². The van der Waals surface area contributed by atoms with Crippen molar-refractivity contribution in [1.29, 1.82) is 0 Å². The van der Waals surface area contributed by atoms with Crippen molar-refractivity contribution in [3.8, 4) is 0 Å². The molecule has 9 nitrogen and oxygen atoms in total. The first-order chi connectivity index (χ1) is 10.2. The fourth-order valence-electron chi connectivity index (χ4n) is 1.30. The van der Waals surface area contributed by atoms with Crippen molar-refractivity contribution in [1.82, 2.24) is 4.47 Å². The van der Waals surface area contributed by atoms with E-state index in [1.54, 1.807) is 13.8 Å². The Hall–Kier alpha value is -1.08. The Bertz CT molecular complexity index is 628. The van der Waals surface area contributed by atoms with E-state index in [4.69, 9.17) is 9.47 Å². The number of carbonyl (C=O) groups is 1. The van der Waals surface area contributed by atoms with Gasteiger partial charge in [0, 0.05) is 19.5 Å². The lowest BCUT2D eigenvalue weighted by Crippen LogP contribution is -2.38. The van der Waals surface area contributed by atoms with E-state index in [0.29, 0.717) is 7.05 Å². The summed E-state index contributed by atoms with van der Waals surface area (Å²) in [5.74, 6) is -0.642. The van der Waals surface area contributed by atoms with E-state index in [0.717, 1.165) is 13.0 Å². The van der Waals surface area contributed by atoms with Crippen molar-refractivity contribution in [3.05, 3.63) is 12.7 Å². The van der Waals surface area contributed by atoms with Crippen LogP contribution in [0.15, 0.2) is 12.7 Å². The molecule has 23 heavy (non-hydrogen) atoms. The fourth-order valence-corrected chi connectivity index (χ4v) is 2.79. The maximum absolute atomic E-state index is 12.3. The van der Waals surface area contributed by atoms with Crippen LogP contribution in [0.2, 0.25) is 0 Å². The molecule has 0 N–H and O–H groups in total. The summed E-state index contributed by atoms with van der Waals surface area (Å²) < 4.78 is 70.2. The normalized spacial score (nSPS) is 14.5. The molecule has 1 atom stereocenters. The summed E-state index contributed by atoms with van der Waals surface area (Å²) in [4.78, 5) is 11.1. The minimum absolute atomic E-state index is 0.131. The Kier molecular flexibility index (Phi) is 7.76. The largest absolute Gasteiger partial charge is 0.456 e. The van der Waals surface area contributed by atoms with Crippen LogP contribution in [-0.2, 0) is 39.1 Å². The zero-order valence-corrected chi connectivity index (χ0v) is 14.8. The van der Waals surface area contributed by atoms with Gasteiger partial charge in [-0.1, -0.05) is 14.9 Å². The Morgan fingerprint density at radius 2 is 1.87 bits per heavy atom. The highest BCUT2D eigenvalue weighted by molar-refractivity contribution is 7.90. The molecule has 0 saturated carbocycles. The van der Waals surface area contributed by atoms with E-state index in [2.05, 4.69) is 10.9 Å². The first-order valence-electron chi connectivity index (χ1n) is 6.30. The van der Waals surface area contributed by atoms with Crippen LogP contribution in [0.4, 0.5) is 3.89 Å². The Labute approximate surface area is 135 Å². The van der Waals surface area contributed by atoms with Gasteiger partial charge in [0.1, 0.15) is 5.60 Å². The second-order valence-corrected chi connectivity index (χ2v) is 8.14. The van der Waals surface area contributed by atoms with E-state index < -0.39 is 37.5 Å². The highest BCUT2D eigenvalue weighted by Crippen LogP contribution is 2.17. The summed E-state index contributed by atoms with van der Waals surface area (Å²) in [7, 11) is -9.14. The second kappa shape index (κ2) is 8.15. The molecular weight excluding hydrogens is 357 g/mol. The number of hydrogen-bond acceptors (Lipinski definition) is 8. The Morgan fingerprint density at radius 1 is 1.35 bits per heavy atom. The molecule has 0 rings (SSSR count). The van der Waals surface area contributed by atoms with Gasteiger partial charge in [-0.2, -0.15) is 8.42 Å². The van der Waals surface area contributed by atoms with E-state index in [1.807, 2.05) is 0 Å². The highest BCUT2D eigenvalue weighted by Gasteiger charge is 2.32. The average molecular weight is 377 g/mol. The third kappa shape index (κ3) is 8.37. The number of sulfonamides is 1. The SMILES string of the molecule is C=CC(=O)OC(C)(C)CCOC(C)S(=O)(=O)N(C)OS(=O)(=O)F. The number of esters is 1. The summed E-state index contributed by atoms with van der Waals surface area (Å²) in [6, 6.07) is 0. The summed E-state index contributed by atoms with van der Waals surface area (Å²) in [6.45, 7) is 7.40. The number of ether oxygens (including phenoxy) is 2. The predicted octanol–water partition coefficient (Wildman–Crippen LogP) is 0.654. The lowest BCUT2D eigenvalue weighted by Gasteiger charge is -2.25. The standard InChI is InChI=1S/C11H20FNO8S2/c1-6-10(14)20-11(3,4)7-8-19-9(2)22(15,16)13(5)21-23(12,17)18/h6,9H,1,7-8H2,2-5H3. The van der Waals surface area contributed by atoms with Crippen molar-refractivity contribution in [3.63, 3.8) is 0 Å². The van der Waals surface area contributed by atoms with Crippen molar-refractivity contribution >= 4 is 26.5 Å². The molecule has 136 valence electrons. The Balaban J connectivity index is 4.62. The van der Waals surface area contributed by atoms with Gasteiger partial charge in [0.25, 0.3) is 10.0 Å². The van der Waals surface area contributed by atoms with E-state index in [9.17, 15) is 25.5 Å². The minimum Gasteiger partial charge on any atom is -0.456 e. The van der Waals surface area contributed by atoms with Gasteiger partial charge in [0.15, 0.2) is 5.44 Å². The molecule has 0 saturated heterocycles. The first-order valence-corrected chi connectivity index (χ1v) is 9.11. The van der Waals surface area contributed by atoms with Crippen molar-refractivity contribution in [2.45, 2.75) is 38.2 Å². The molecule has 0 radical (unpaired) electrons. The number of carbonyl (C=O) groups excluding carboxylic acids is 1. The topological polar surface area (TPSA) is 116 Å². The van der Waals surface area contributed by atoms with E-state index in [-0.39, 0.29) is 17.5 Å². The van der Waals surface area contributed by atoms with E-state index in [1.165, 1.54) is 0 Å². The minimum atomic E-state index is -5.48. The summed E-state index contributed by atoms with van der Waals surface area (Å²) >= 11 is 0. The van der Waals surface area contributed by atoms with Gasteiger partial charge < -0.3 is 9.47 Å².